The van der Waals surface area contributed by atoms with Crippen molar-refractivity contribution in [3.8, 4) is 0 Å². The van der Waals surface area contributed by atoms with Gasteiger partial charge in [-0.25, -0.2) is 0 Å². The van der Waals surface area contributed by atoms with Crippen molar-refractivity contribution in [1.29, 1.82) is 0 Å². The highest BCUT2D eigenvalue weighted by Crippen LogP contribution is 2.32. The third-order valence-electron chi connectivity index (χ3n) is 4.62. The highest BCUT2D eigenvalue weighted by molar-refractivity contribution is 4.90. The van der Waals surface area contributed by atoms with Gasteiger partial charge in [-0.05, 0) is 44.7 Å². The minimum Gasteiger partial charge on any atom is -0.310 e. The molecule has 16 heavy (non-hydrogen) atoms. The van der Waals surface area contributed by atoms with E-state index in [0.717, 1.165) is 18.0 Å². The molecule has 0 amide bonds. The van der Waals surface area contributed by atoms with Gasteiger partial charge < -0.3 is 10.2 Å². The van der Waals surface area contributed by atoms with Crippen LogP contribution in [-0.2, 0) is 0 Å². The molecule has 0 spiro atoms. The minimum absolute atomic E-state index is 0.763. The van der Waals surface area contributed by atoms with Crippen molar-refractivity contribution >= 4 is 0 Å². The van der Waals surface area contributed by atoms with Crippen LogP contribution in [-0.4, -0.2) is 36.6 Å². The molecule has 0 radical (unpaired) electrons. The van der Waals surface area contributed by atoms with Gasteiger partial charge in [-0.2, -0.15) is 0 Å². The summed E-state index contributed by atoms with van der Waals surface area (Å²) in [7, 11) is 0. The molecule has 1 saturated carbocycles. The third kappa shape index (κ3) is 2.98. The van der Waals surface area contributed by atoms with Crippen LogP contribution in [0.1, 0.15) is 52.4 Å². The van der Waals surface area contributed by atoms with Crippen molar-refractivity contribution in [1.82, 2.24) is 10.2 Å². The molecule has 2 aliphatic rings. The zero-order valence-corrected chi connectivity index (χ0v) is 11.0. The van der Waals surface area contributed by atoms with E-state index in [1.165, 1.54) is 58.2 Å². The molecule has 2 fully saturated rings. The summed E-state index contributed by atoms with van der Waals surface area (Å²) in [5.41, 5.74) is 0. The Morgan fingerprint density at radius 2 is 1.75 bits per heavy atom. The van der Waals surface area contributed by atoms with Crippen molar-refractivity contribution in [2.24, 2.45) is 5.92 Å². The van der Waals surface area contributed by atoms with Crippen LogP contribution in [0.5, 0.6) is 0 Å². The Labute approximate surface area is 101 Å². The molecule has 3 atom stereocenters. The maximum atomic E-state index is 3.91. The number of nitrogens with zero attached hydrogens (tertiary/aromatic N) is 1. The molecule has 1 aliphatic carbocycles. The molecule has 1 N–H and O–H groups in total. The van der Waals surface area contributed by atoms with Crippen molar-refractivity contribution < 1.29 is 0 Å². The normalized spacial score (nSPS) is 35.1. The zero-order valence-electron chi connectivity index (χ0n) is 11.0. The van der Waals surface area contributed by atoms with E-state index in [0.29, 0.717) is 0 Å². The Morgan fingerprint density at radius 1 is 1.00 bits per heavy atom. The van der Waals surface area contributed by atoms with E-state index >= 15 is 0 Å². The number of hydrogen-bond acceptors (Lipinski definition) is 2. The van der Waals surface area contributed by atoms with E-state index in [2.05, 4.69) is 24.1 Å². The van der Waals surface area contributed by atoms with Gasteiger partial charge >= 0.3 is 0 Å². The second-order valence-corrected chi connectivity index (χ2v) is 5.58. The van der Waals surface area contributed by atoms with Crippen molar-refractivity contribution in [3.63, 3.8) is 0 Å². The topological polar surface area (TPSA) is 15.3 Å². The number of rotatable bonds is 4. The SMILES string of the molecule is CCN(CC)CC1CCC2CCCCC2N1. The summed E-state index contributed by atoms with van der Waals surface area (Å²) >= 11 is 0. The molecule has 1 heterocycles. The maximum absolute atomic E-state index is 3.91. The largest absolute Gasteiger partial charge is 0.310 e. The lowest BCUT2D eigenvalue weighted by Crippen LogP contribution is -2.52. The van der Waals surface area contributed by atoms with E-state index in [-0.39, 0.29) is 0 Å². The summed E-state index contributed by atoms with van der Waals surface area (Å²) in [5, 5.41) is 3.91. The Morgan fingerprint density at radius 3 is 2.50 bits per heavy atom. The quantitative estimate of drug-likeness (QED) is 0.790. The van der Waals surface area contributed by atoms with Crippen LogP contribution in [0, 0.1) is 5.92 Å². The Balaban J connectivity index is 1.80. The third-order valence-corrected chi connectivity index (χ3v) is 4.62. The van der Waals surface area contributed by atoms with Gasteiger partial charge in [-0.1, -0.05) is 26.7 Å². The lowest BCUT2D eigenvalue weighted by molar-refractivity contribution is 0.148. The van der Waals surface area contributed by atoms with Crippen LogP contribution in [0.25, 0.3) is 0 Å². The molecule has 94 valence electrons. The molecular weight excluding hydrogens is 196 g/mol. The fraction of sp³-hybridized carbons (Fsp3) is 1.00. The predicted octanol–water partition coefficient (Wildman–Crippen LogP) is 2.64. The molecule has 0 aromatic rings. The average Bonchev–Trinajstić information content (AvgIpc) is 2.35. The second kappa shape index (κ2) is 6.02. The molecule has 0 aromatic carbocycles. The van der Waals surface area contributed by atoms with Gasteiger partial charge in [-0.3, -0.25) is 0 Å². The lowest BCUT2D eigenvalue weighted by Gasteiger charge is -2.41. The van der Waals surface area contributed by atoms with Gasteiger partial charge in [0.15, 0.2) is 0 Å². The van der Waals surface area contributed by atoms with Crippen molar-refractivity contribution in [2.45, 2.75) is 64.5 Å². The molecule has 2 nitrogen and oxygen atoms in total. The number of nitrogens with one attached hydrogen (secondary N) is 1. The van der Waals surface area contributed by atoms with Gasteiger partial charge in [0.05, 0.1) is 0 Å². The maximum Gasteiger partial charge on any atom is 0.0197 e. The first-order valence-corrected chi connectivity index (χ1v) is 7.31. The van der Waals surface area contributed by atoms with Crippen molar-refractivity contribution in [2.75, 3.05) is 19.6 Å². The highest BCUT2D eigenvalue weighted by Gasteiger charge is 2.31. The molecule has 3 unspecified atom stereocenters. The molecule has 2 rings (SSSR count). The molecule has 1 aliphatic heterocycles. The van der Waals surface area contributed by atoms with Crippen LogP contribution < -0.4 is 5.32 Å². The van der Waals surface area contributed by atoms with Gasteiger partial charge in [0.2, 0.25) is 0 Å². The van der Waals surface area contributed by atoms with E-state index in [9.17, 15) is 0 Å². The Kier molecular flexibility index (Phi) is 4.66. The minimum atomic E-state index is 0.763. The number of hydrogen-bond donors (Lipinski definition) is 1. The van der Waals surface area contributed by atoms with E-state index in [4.69, 9.17) is 0 Å². The number of likely N-dealkylation sites (N-methyl/N-ethyl adjacent to an activating group) is 1. The standard InChI is InChI=1S/C14H28N2/c1-3-16(4-2)11-13-10-9-12-7-5-6-8-14(12)15-13/h12-15H,3-11H2,1-2H3. The van der Waals surface area contributed by atoms with Crippen LogP contribution in [0.2, 0.25) is 0 Å². The van der Waals surface area contributed by atoms with Gasteiger partial charge in [0.1, 0.15) is 0 Å². The molecule has 0 bridgehead atoms. The number of piperidine rings is 1. The average molecular weight is 224 g/mol. The lowest BCUT2D eigenvalue weighted by atomic mass is 9.78. The molecule has 1 saturated heterocycles. The predicted molar refractivity (Wildman–Crippen MR) is 69.7 cm³/mol. The van der Waals surface area contributed by atoms with E-state index in [1.54, 1.807) is 0 Å². The van der Waals surface area contributed by atoms with Crippen molar-refractivity contribution in [3.05, 3.63) is 0 Å². The summed E-state index contributed by atoms with van der Waals surface area (Å²) in [5.74, 6) is 1.00. The van der Waals surface area contributed by atoms with E-state index < -0.39 is 0 Å². The molecule has 0 aromatic heterocycles. The highest BCUT2D eigenvalue weighted by atomic mass is 15.1. The molecule has 2 heteroatoms. The van der Waals surface area contributed by atoms with Crippen LogP contribution >= 0.6 is 0 Å². The summed E-state index contributed by atoms with van der Waals surface area (Å²) in [6.07, 6.45) is 8.71. The smallest absolute Gasteiger partial charge is 0.0197 e. The fourth-order valence-electron chi connectivity index (χ4n) is 3.51. The monoisotopic (exact) mass is 224 g/mol. The second-order valence-electron chi connectivity index (χ2n) is 5.58. The summed E-state index contributed by atoms with van der Waals surface area (Å²) in [6, 6.07) is 1.61. The summed E-state index contributed by atoms with van der Waals surface area (Å²) in [4.78, 5) is 2.56. The first-order valence-electron chi connectivity index (χ1n) is 7.31. The Bertz CT molecular complexity index is 201. The van der Waals surface area contributed by atoms with Crippen LogP contribution in [0.15, 0.2) is 0 Å². The Hall–Kier alpha value is -0.0800. The summed E-state index contributed by atoms with van der Waals surface area (Å²) in [6.45, 7) is 8.20. The summed E-state index contributed by atoms with van der Waals surface area (Å²) < 4.78 is 0. The van der Waals surface area contributed by atoms with Gasteiger partial charge in [0, 0.05) is 18.6 Å². The fourth-order valence-corrected chi connectivity index (χ4v) is 3.51. The van der Waals surface area contributed by atoms with Gasteiger partial charge in [0.25, 0.3) is 0 Å². The molecular formula is C14H28N2. The first kappa shape index (κ1) is 12.4. The van der Waals surface area contributed by atoms with E-state index in [1.807, 2.05) is 0 Å². The zero-order chi connectivity index (χ0) is 11.4. The first-order chi connectivity index (χ1) is 7.83. The van der Waals surface area contributed by atoms with Crippen LogP contribution in [0.4, 0.5) is 0 Å². The number of fused-ring (bicyclic) bond motifs is 1. The van der Waals surface area contributed by atoms with Crippen LogP contribution in [0.3, 0.4) is 0 Å². The van der Waals surface area contributed by atoms with Gasteiger partial charge in [-0.15, -0.1) is 0 Å².